The van der Waals surface area contributed by atoms with Crippen molar-refractivity contribution in [3.8, 4) is 0 Å². The standard InChI is InChI=1S/C12H16FN3O/c1-8(4-5-17)7-14-12-15-10-3-2-9(13)6-11(10)16-12/h2-3,6,8,17H,4-5,7H2,1H3,(H2,14,15,16). The molecule has 0 amide bonds. The van der Waals surface area contributed by atoms with Gasteiger partial charge in [0.15, 0.2) is 0 Å². The van der Waals surface area contributed by atoms with Crippen LogP contribution in [-0.4, -0.2) is 28.2 Å². The highest BCUT2D eigenvalue weighted by atomic mass is 19.1. The van der Waals surface area contributed by atoms with E-state index < -0.39 is 0 Å². The predicted molar refractivity (Wildman–Crippen MR) is 65.4 cm³/mol. The zero-order valence-electron chi connectivity index (χ0n) is 9.70. The van der Waals surface area contributed by atoms with Crippen molar-refractivity contribution >= 4 is 17.0 Å². The molecule has 0 saturated carbocycles. The van der Waals surface area contributed by atoms with Gasteiger partial charge in [-0.15, -0.1) is 0 Å². The average Bonchev–Trinajstić information content (AvgIpc) is 2.68. The van der Waals surface area contributed by atoms with Crippen LogP contribution in [0.15, 0.2) is 18.2 Å². The van der Waals surface area contributed by atoms with Crippen LogP contribution in [0.1, 0.15) is 13.3 Å². The van der Waals surface area contributed by atoms with Crippen LogP contribution in [0.5, 0.6) is 0 Å². The van der Waals surface area contributed by atoms with Gasteiger partial charge in [0.25, 0.3) is 0 Å². The van der Waals surface area contributed by atoms with Crippen LogP contribution >= 0.6 is 0 Å². The Balaban J connectivity index is 2.04. The lowest BCUT2D eigenvalue weighted by atomic mass is 10.1. The van der Waals surface area contributed by atoms with E-state index in [9.17, 15) is 4.39 Å². The molecular weight excluding hydrogens is 221 g/mol. The summed E-state index contributed by atoms with van der Waals surface area (Å²) in [5.74, 6) is 0.724. The van der Waals surface area contributed by atoms with Crippen molar-refractivity contribution < 1.29 is 9.50 Å². The molecule has 5 heteroatoms. The Kier molecular flexibility index (Phi) is 3.58. The summed E-state index contributed by atoms with van der Waals surface area (Å²) in [6.07, 6.45) is 0.752. The molecule has 1 aromatic carbocycles. The van der Waals surface area contributed by atoms with Crippen molar-refractivity contribution in [2.75, 3.05) is 18.5 Å². The number of nitrogens with zero attached hydrogens (tertiary/aromatic N) is 1. The van der Waals surface area contributed by atoms with Crippen LogP contribution in [0.2, 0.25) is 0 Å². The van der Waals surface area contributed by atoms with Gasteiger partial charge in [0.1, 0.15) is 5.82 Å². The van der Waals surface area contributed by atoms with E-state index in [-0.39, 0.29) is 12.4 Å². The minimum absolute atomic E-state index is 0.189. The summed E-state index contributed by atoms with van der Waals surface area (Å²) in [5, 5.41) is 11.9. The quantitative estimate of drug-likeness (QED) is 0.746. The molecule has 17 heavy (non-hydrogen) atoms. The number of H-pyrrole nitrogens is 1. The number of nitrogens with one attached hydrogen (secondary N) is 2. The Labute approximate surface area is 98.9 Å². The fourth-order valence-corrected chi connectivity index (χ4v) is 1.66. The maximum atomic E-state index is 13.0. The Morgan fingerprint density at radius 2 is 2.35 bits per heavy atom. The molecule has 0 fully saturated rings. The summed E-state index contributed by atoms with van der Waals surface area (Å²) in [7, 11) is 0. The van der Waals surface area contributed by atoms with Gasteiger partial charge >= 0.3 is 0 Å². The zero-order valence-corrected chi connectivity index (χ0v) is 9.70. The molecule has 0 radical (unpaired) electrons. The summed E-state index contributed by atoms with van der Waals surface area (Å²) in [6.45, 7) is 2.96. The molecule has 0 aliphatic carbocycles. The maximum absolute atomic E-state index is 13.0. The van der Waals surface area contributed by atoms with Gasteiger partial charge in [-0.3, -0.25) is 0 Å². The molecule has 92 valence electrons. The number of aromatic amines is 1. The lowest BCUT2D eigenvalue weighted by molar-refractivity contribution is 0.265. The predicted octanol–water partition coefficient (Wildman–Crippen LogP) is 2.13. The van der Waals surface area contributed by atoms with Crippen molar-refractivity contribution in [3.63, 3.8) is 0 Å². The zero-order chi connectivity index (χ0) is 12.3. The minimum Gasteiger partial charge on any atom is -0.396 e. The molecule has 0 aliphatic heterocycles. The first-order chi connectivity index (χ1) is 8.19. The molecule has 1 unspecified atom stereocenters. The van der Waals surface area contributed by atoms with Gasteiger partial charge in [0.2, 0.25) is 5.95 Å². The van der Waals surface area contributed by atoms with Gasteiger partial charge in [-0.1, -0.05) is 6.92 Å². The Bertz CT molecular complexity index is 497. The van der Waals surface area contributed by atoms with Crippen LogP contribution in [0, 0.1) is 11.7 Å². The highest BCUT2D eigenvalue weighted by Gasteiger charge is 2.05. The first-order valence-electron chi connectivity index (χ1n) is 5.69. The maximum Gasteiger partial charge on any atom is 0.201 e. The summed E-state index contributed by atoms with van der Waals surface area (Å²) in [4.78, 5) is 7.30. The molecule has 0 aliphatic rings. The van der Waals surface area contributed by atoms with Gasteiger partial charge in [-0.2, -0.15) is 0 Å². The molecule has 2 rings (SSSR count). The van der Waals surface area contributed by atoms with E-state index >= 15 is 0 Å². The molecule has 3 N–H and O–H groups in total. The molecule has 0 saturated heterocycles. The van der Waals surface area contributed by atoms with E-state index in [0.29, 0.717) is 17.4 Å². The van der Waals surface area contributed by atoms with E-state index in [4.69, 9.17) is 5.11 Å². The van der Waals surface area contributed by atoms with E-state index in [1.54, 1.807) is 6.07 Å². The van der Waals surface area contributed by atoms with Crippen LogP contribution in [-0.2, 0) is 0 Å². The van der Waals surface area contributed by atoms with Crippen LogP contribution < -0.4 is 5.32 Å². The third-order valence-electron chi connectivity index (χ3n) is 2.68. The van der Waals surface area contributed by atoms with Crippen molar-refractivity contribution in [3.05, 3.63) is 24.0 Å². The number of benzene rings is 1. The molecule has 4 nitrogen and oxygen atoms in total. The number of rotatable bonds is 5. The summed E-state index contributed by atoms with van der Waals surface area (Å²) in [6, 6.07) is 4.45. The molecule has 0 bridgehead atoms. The molecule has 1 atom stereocenters. The number of fused-ring (bicyclic) bond motifs is 1. The van der Waals surface area contributed by atoms with E-state index in [0.717, 1.165) is 18.5 Å². The Hall–Kier alpha value is -1.62. The highest BCUT2D eigenvalue weighted by molar-refractivity contribution is 5.77. The first-order valence-corrected chi connectivity index (χ1v) is 5.69. The summed E-state index contributed by atoms with van der Waals surface area (Å²) >= 11 is 0. The number of aliphatic hydroxyl groups is 1. The van der Waals surface area contributed by atoms with Crippen molar-refractivity contribution in [2.45, 2.75) is 13.3 Å². The number of aromatic nitrogens is 2. The van der Waals surface area contributed by atoms with Crippen molar-refractivity contribution in [2.24, 2.45) is 5.92 Å². The summed E-state index contributed by atoms with van der Waals surface area (Å²) < 4.78 is 13.0. The molecule has 0 spiro atoms. The van der Waals surface area contributed by atoms with Crippen LogP contribution in [0.4, 0.5) is 10.3 Å². The fourth-order valence-electron chi connectivity index (χ4n) is 1.66. The third kappa shape index (κ3) is 2.94. The lowest BCUT2D eigenvalue weighted by Crippen LogP contribution is -2.13. The largest absolute Gasteiger partial charge is 0.396 e. The smallest absolute Gasteiger partial charge is 0.201 e. The van der Waals surface area contributed by atoms with Crippen molar-refractivity contribution in [1.82, 2.24) is 9.97 Å². The van der Waals surface area contributed by atoms with E-state index in [1.165, 1.54) is 12.1 Å². The summed E-state index contributed by atoms with van der Waals surface area (Å²) in [5.41, 5.74) is 1.42. The van der Waals surface area contributed by atoms with Gasteiger partial charge < -0.3 is 15.4 Å². The lowest BCUT2D eigenvalue weighted by Gasteiger charge is -2.09. The van der Waals surface area contributed by atoms with Gasteiger partial charge in [0.05, 0.1) is 11.0 Å². The molecule has 2 aromatic rings. The number of aliphatic hydroxyl groups excluding tert-OH is 1. The second-order valence-electron chi connectivity index (χ2n) is 4.25. The van der Waals surface area contributed by atoms with Gasteiger partial charge in [-0.05, 0) is 30.5 Å². The number of hydrogen-bond donors (Lipinski definition) is 3. The topological polar surface area (TPSA) is 60.9 Å². The minimum atomic E-state index is -0.277. The monoisotopic (exact) mass is 237 g/mol. The van der Waals surface area contributed by atoms with Crippen LogP contribution in [0.25, 0.3) is 11.0 Å². The molecule has 1 aromatic heterocycles. The first kappa shape index (κ1) is 11.9. The number of imidazole rings is 1. The Morgan fingerprint density at radius 3 is 3.12 bits per heavy atom. The van der Waals surface area contributed by atoms with Gasteiger partial charge in [-0.25, -0.2) is 9.37 Å². The molecular formula is C12H16FN3O. The SMILES string of the molecule is CC(CCO)CNc1nc2ccc(F)cc2[nH]1. The number of halogens is 1. The average molecular weight is 237 g/mol. The normalized spacial score (nSPS) is 12.9. The third-order valence-corrected chi connectivity index (χ3v) is 2.68. The van der Waals surface area contributed by atoms with E-state index in [1.807, 2.05) is 6.92 Å². The van der Waals surface area contributed by atoms with Crippen LogP contribution in [0.3, 0.4) is 0 Å². The van der Waals surface area contributed by atoms with Crippen molar-refractivity contribution in [1.29, 1.82) is 0 Å². The number of anilines is 1. The van der Waals surface area contributed by atoms with E-state index in [2.05, 4.69) is 15.3 Å². The highest BCUT2D eigenvalue weighted by Crippen LogP contribution is 2.15. The number of hydrogen-bond acceptors (Lipinski definition) is 3. The second-order valence-corrected chi connectivity index (χ2v) is 4.25. The fraction of sp³-hybridized carbons (Fsp3) is 0.417. The Morgan fingerprint density at radius 1 is 1.53 bits per heavy atom. The molecule has 1 heterocycles. The second kappa shape index (κ2) is 5.14. The van der Waals surface area contributed by atoms with Gasteiger partial charge in [0, 0.05) is 13.2 Å².